The van der Waals surface area contributed by atoms with Crippen LogP contribution < -0.4 is 11.1 Å². The van der Waals surface area contributed by atoms with Crippen LogP contribution in [0, 0.1) is 5.82 Å². The highest BCUT2D eigenvalue weighted by Gasteiger charge is 2.16. The molecule has 0 fully saturated rings. The largest absolute Gasteiger partial charge is 0.366 e. The molecule has 0 saturated carbocycles. The molecule has 0 aliphatic carbocycles. The predicted molar refractivity (Wildman–Crippen MR) is 115 cm³/mol. The van der Waals surface area contributed by atoms with E-state index >= 15 is 0 Å². The Morgan fingerprint density at radius 2 is 1.87 bits per heavy atom. The van der Waals surface area contributed by atoms with Gasteiger partial charge in [-0.1, -0.05) is 23.9 Å². The maximum atomic E-state index is 13.2. The number of primary amides is 1. The van der Waals surface area contributed by atoms with Crippen LogP contribution in [0.25, 0.3) is 21.5 Å². The van der Waals surface area contributed by atoms with Crippen LogP contribution in [-0.4, -0.2) is 31.9 Å². The van der Waals surface area contributed by atoms with Crippen molar-refractivity contribution in [2.45, 2.75) is 5.03 Å². The SMILES string of the molecule is NC(=O)c1ccccc1NC(=O)CSc1ncnc2c(-c3ccc(F)cc3)nsc12. The number of fused-ring (bicyclic) bond motifs is 1. The summed E-state index contributed by atoms with van der Waals surface area (Å²) in [5, 5.41) is 3.31. The second-order valence-electron chi connectivity index (χ2n) is 6.14. The molecule has 0 spiro atoms. The Hall–Kier alpha value is -3.37. The van der Waals surface area contributed by atoms with Crippen molar-refractivity contribution in [3.8, 4) is 11.3 Å². The molecule has 30 heavy (non-hydrogen) atoms. The molecule has 4 aromatic rings. The summed E-state index contributed by atoms with van der Waals surface area (Å²) >= 11 is 2.45. The zero-order valence-corrected chi connectivity index (χ0v) is 17.0. The molecule has 2 heterocycles. The van der Waals surface area contributed by atoms with Gasteiger partial charge < -0.3 is 11.1 Å². The van der Waals surface area contributed by atoms with E-state index in [9.17, 15) is 14.0 Å². The number of nitrogens with zero attached hydrogens (tertiary/aromatic N) is 3. The quantitative estimate of drug-likeness (QED) is 0.350. The minimum atomic E-state index is -0.617. The normalized spacial score (nSPS) is 10.8. The molecule has 0 aliphatic heterocycles. The number of thioether (sulfide) groups is 1. The lowest BCUT2D eigenvalue weighted by molar-refractivity contribution is -0.113. The number of para-hydroxylation sites is 1. The van der Waals surface area contributed by atoms with Gasteiger partial charge >= 0.3 is 0 Å². The Balaban J connectivity index is 1.52. The molecule has 2 aromatic carbocycles. The molecule has 0 aliphatic rings. The lowest BCUT2D eigenvalue weighted by atomic mass is 10.1. The lowest BCUT2D eigenvalue weighted by Gasteiger charge is -2.08. The Bertz CT molecular complexity index is 1240. The van der Waals surface area contributed by atoms with Crippen molar-refractivity contribution in [1.82, 2.24) is 14.3 Å². The smallest absolute Gasteiger partial charge is 0.250 e. The van der Waals surface area contributed by atoms with Gasteiger partial charge in [0.05, 0.1) is 17.0 Å². The van der Waals surface area contributed by atoms with Crippen LogP contribution in [0.1, 0.15) is 10.4 Å². The fourth-order valence-corrected chi connectivity index (χ4v) is 4.49. The van der Waals surface area contributed by atoms with Crippen molar-refractivity contribution in [2.75, 3.05) is 11.1 Å². The number of hydrogen-bond acceptors (Lipinski definition) is 7. The summed E-state index contributed by atoms with van der Waals surface area (Å²) in [5.41, 5.74) is 7.97. The zero-order valence-electron chi connectivity index (χ0n) is 15.3. The first kappa shape index (κ1) is 19.9. The van der Waals surface area contributed by atoms with Gasteiger partial charge in [0.25, 0.3) is 5.91 Å². The number of hydrogen-bond donors (Lipinski definition) is 2. The van der Waals surface area contributed by atoms with Crippen LogP contribution in [0.3, 0.4) is 0 Å². The van der Waals surface area contributed by atoms with E-state index in [1.54, 1.807) is 36.4 Å². The summed E-state index contributed by atoms with van der Waals surface area (Å²) in [6.45, 7) is 0. The van der Waals surface area contributed by atoms with Gasteiger partial charge in [-0.05, 0) is 47.9 Å². The maximum Gasteiger partial charge on any atom is 0.250 e. The molecule has 2 aromatic heterocycles. The summed E-state index contributed by atoms with van der Waals surface area (Å²) < 4.78 is 18.4. The van der Waals surface area contributed by atoms with E-state index in [0.29, 0.717) is 21.9 Å². The molecule has 2 amide bonds. The number of anilines is 1. The van der Waals surface area contributed by atoms with Gasteiger partial charge in [0, 0.05) is 5.56 Å². The minimum absolute atomic E-state index is 0.0724. The molecule has 7 nitrogen and oxygen atoms in total. The average Bonchev–Trinajstić information content (AvgIpc) is 3.18. The number of nitrogens with one attached hydrogen (secondary N) is 1. The second kappa shape index (κ2) is 8.56. The Morgan fingerprint density at radius 3 is 2.63 bits per heavy atom. The summed E-state index contributed by atoms with van der Waals surface area (Å²) in [5.74, 6) is -1.17. The molecule has 150 valence electrons. The summed E-state index contributed by atoms with van der Waals surface area (Å²) in [7, 11) is 0. The van der Waals surface area contributed by atoms with Crippen molar-refractivity contribution < 1.29 is 14.0 Å². The summed E-state index contributed by atoms with van der Waals surface area (Å²) in [6, 6.07) is 12.6. The van der Waals surface area contributed by atoms with E-state index in [4.69, 9.17) is 5.73 Å². The summed E-state index contributed by atoms with van der Waals surface area (Å²) in [6.07, 6.45) is 1.41. The molecule has 0 bridgehead atoms. The minimum Gasteiger partial charge on any atom is -0.366 e. The van der Waals surface area contributed by atoms with Gasteiger partial charge in [0.15, 0.2) is 0 Å². The third-order valence-electron chi connectivity index (χ3n) is 4.15. The highest BCUT2D eigenvalue weighted by Crippen LogP contribution is 2.34. The van der Waals surface area contributed by atoms with Crippen LogP contribution in [0.2, 0.25) is 0 Å². The van der Waals surface area contributed by atoms with E-state index in [0.717, 1.165) is 10.3 Å². The first-order valence-electron chi connectivity index (χ1n) is 8.70. The Labute approximate surface area is 178 Å². The van der Waals surface area contributed by atoms with Crippen LogP contribution in [0.5, 0.6) is 0 Å². The van der Waals surface area contributed by atoms with Crippen LogP contribution in [0.15, 0.2) is 59.9 Å². The molecule has 4 rings (SSSR count). The maximum absolute atomic E-state index is 13.2. The number of rotatable bonds is 6. The highest BCUT2D eigenvalue weighted by molar-refractivity contribution is 8.00. The van der Waals surface area contributed by atoms with Crippen molar-refractivity contribution in [2.24, 2.45) is 5.73 Å². The number of nitrogens with two attached hydrogens (primary N) is 1. The molecular weight excluding hydrogens is 425 g/mol. The van der Waals surface area contributed by atoms with Crippen molar-refractivity contribution in [3.05, 3.63) is 66.2 Å². The highest BCUT2D eigenvalue weighted by atomic mass is 32.2. The van der Waals surface area contributed by atoms with Crippen molar-refractivity contribution >= 4 is 51.0 Å². The zero-order chi connectivity index (χ0) is 21.1. The number of carbonyl (C=O) groups is 2. The van der Waals surface area contributed by atoms with Crippen LogP contribution in [-0.2, 0) is 4.79 Å². The van der Waals surface area contributed by atoms with E-state index in [1.807, 2.05) is 0 Å². The lowest BCUT2D eigenvalue weighted by Crippen LogP contribution is -2.19. The molecule has 0 radical (unpaired) electrons. The first-order valence-corrected chi connectivity index (χ1v) is 10.5. The van der Waals surface area contributed by atoms with Crippen LogP contribution >= 0.6 is 23.3 Å². The molecule has 3 N–H and O–H groups in total. The van der Waals surface area contributed by atoms with Crippen LogP contribution in [0.4, 0.5) is 10.1 Å². The predicted octanol–water partition coefficient (Wildman–Crippen LogP) is 3.72. The summed E-state index contributed by atoms with van der Waals surface area (Å²) in [4.78, 5) is 32.4. The van der Waals surface area contributed by atoms with E-state index in [1.165, 1.54) is 41.8 Å². The van der Waals surface area contributed by atoms with Gasteiger partial charge in [-0.25, -0.2) is 14.4 Å². The number of halogens is 1. The van der Waals surface area contributed by atoms with Gasteiger partial charge in [-0.15, -0.1) is 0 Å². The van der Waals surface area contributed by atoms with Gasteiger partial charge in [0.1, 0.15) is 33.1 Å². The average molecular weight is 439 g/mol. The van der Waals surface area contributed by atoms with Gasteiger partial charge in [-0.3, -0.25) is 9.59 Å². The number of carbonyl (C=O) groups excluding carboxylic acids is 2. The van der Waals surface area contributed by atoms with E-state index in [-0.39, 0.29) is 23.0 Å². The van der Waals surface area contributed by atoms with E-state index in [2.05, 4.69) is 19.7 Å². The fourth-order valence-electron chi connectivity index (χ4n) is 2.77. The third kappa shape index (κ3) is 4.14. The fraction of sp³-hybridized carbons (Fsp3) is 0.0500. The molecule has 10 heteroatoms. The van der Waals surface area contributed by atoms with Crippen molar-refractivity contribution in [1.29, 1.82) is 0 Å². The monoisotopic (exact) mass is 439 g/mol. The molecule has 0 unspecified atom stereocenters. The number of aromatic nitrogens is 3. The molecule has 0 saturated heterocycles. The van der Waals surface area contributed by atoms with Gasteiger partial charge in [0.2, 0.25) is 5.91 Å². The molecular formula is C20H14FN5O2S2. The Kier molecular flexibility index (Phi) is 5.68. The standard InChI is InChI=1S/C20H14FN5O2S2/c21-12-7-5-11(6-8-12)16-17-18(30-26-16)20(24-10-23-17)29-9-15(27)25-14-4-2-1-3-13(14)19(22)28/h1-8,10H,9H2,(H2,22,28)(H,25,27). The van der Waals surface area contributed by atoms with E-state index < -0.39 is 5.91 Å². The number of amides is 2. The third-order valence-corrected chi connectivity index (χ3v) is 6.11. The Morgan fingerprint density at radius 1 is 1.10 bits per heavy atom. The first-order chi connectivity index (χ1) is 14.5. The van der Waals surface area contributed by atoms with Gasteiger partial charge in [-0.2, -0.15) is 4.37 Å². The molecule has 0 atom stereocenters. The topological polar surface area (TPSA) is 111 Å². The van der Waals surface area contributed by atoms with Crippen molar-refractivity contribution in [3.63, 3.8) is 0 Å². The number of benzene rings is 2. The second-order valence-corrected chi connectivity index (χ2v) is 7.88.